The van der Waals surface area contributed by atoms with Gasteiger partial charge in [0.1, 0.15) is 0 Å². The van der Waals surface area contributed by atoms with Crippen LogP contribution in [0, 0.1) is 5.92 Å². The molecule has 0 bridgehead atoms. The molecule has 1 fully saturated rings. The second-order valence-electron chi connectivity index (χ2n) is 5.25. The van der Waals surface area contributed by atoms with E-state index in [1.807, 2.05) is 17.1 Å². The van der Waals surface area contributed by atoms with Gasteiger partial charge < -0.3 is 10.5 Å². The lowest BCUT2D eigenvalue weighted by Gasteiger charge is -2.32. The van der Waals surface area contributed by atoms with Gasteiger partial charge in [-0.25, -0.2) is 0 Å². The van der Waals surface area contributed by atoms with Gasteiger partial charge in [-0.05, 0) is 25.7 Å². The smallest absolute Gasteiger partial charge is 0.0793 e. The van der Waals surface area contributed by atoms with Crippen LogP contribution < -0.4 is 5.73 Å². The Bertz CT molecular complexity index is 358. The van der Waals surface area contributed by atoms with Gasteiger partial charge in [0.15, 0.2) is 0 Å². The predicted molar refractivity (Wildman–Crippen MR) is 72.2 cm³/mol. The Morgan fingerprint density at radius 2 is 2.17 bits per heavy atom. The first kappa shape index (κ1) is 13.6. The molecule has 4 heteroatoms. The number of hydrogen-bond acceptors (Lipinski definition) is 3. The zero-order valence-electron chi connectivity index (χ0n) is 11.5. The molecule has 1 aliphatic rings. The molecule has 0 spiro atoms. The molecule has 4 nitrogen and oxygen atoms in total. The minimum Gasteiger partial charge on any atom is -0.379 e. The monoisotopic (exact) mass is 251 g/mol. The van der Waals surface area contributed by atoms with Crippen LogP contribution in [0.4, 0.5) is 0 Å². The van der Waals surface area contributed by atoms with Crippen molar-refractivity contribution in [2.75, 3.05) is 7.11 Å². The molecule has 0 radical (unpaired) electrons. The zero-order chi connectivity index (χ0) is 13.0. The van der Waals surface area contributed by atoms with Crippen LogP contribution in [-0.2, 0) is 11.3 Å². The van der Waals surface area contributed by atoms with Gasteiger partial charge in [-0.15, -0.1) is 0 Å². The van der Waals surface area contributed by atoms with E-state index in [4.69, 9.17) is 10.5 Å². The average Bonchev–Trinajstić information content (AvgIpc) is 2.89. The molecule has 1 saturated carbocycles. The summed E-state index contributed by atoms with van der Waals surface area (Å²) in [6.45, 7) is 2.96. The lowest BCUT2D eigenvalue weighted by Crippen LogP contribution is -2.35. The van der Waals surface area contributed by atoms with Crippen molar-refractivity contribution in [3.63, 3.8) is 0 Å². The van der Waals surface area contributed by atoms with E-state index < -0.39 is 0 Å². The van der Waals surface area contributed by atoms with Gasteiger partial charge >= 0.3 is 0 Å². The Hall–Kier alpha value is -0.870. The Labute approximate surface area is 110 Å². The fourth-order valence-corrected chi connectivity index (χ4v) is 3.01. The van der Waals surface area contributed by atoms with Gasteiger partial charge in [0.25, 0.3) is 0 Å². The van der Waals surface area contributed by atoms with E-state index >= 15 is 0 Å². The van der Waals surface area contributed by atoms with Gasteiger partial charge in [-0.2, -0.15) is 5.10 Å². The van der Waals surface area contributed by atoms with Gasteiger partial charge in [-0.3, -0.25) is 4.68 Å². The molecule has 1 aromatic rings. The Balaban J connectivity index is 2.06. The highest BCUT2D eigenvalue weighted by molar-refractivity contribution is 5.12. The summed E-state index contributed by atoms with van der Waals surface area (Å²) in [7, 11) is 1.78. The maximum atomic E-state index is 6.37. The predicted octanol–water partition coefficient (Wildman–Crippen LogP) is 2.50. The van der Waals surface area contributed by atoms with E-state index in [0.717, 1.165) is 12.1 Å². The summed E-state index contributed by atoms with van der Waals surface area (Å²) < 4.78 is 7.61. The number of aromatic nitrogens is 2. The number of ether oxygens (including phenoxy) is 1. The Kier molecular flexibility index (Phi) is 4.78. The number of methoxy groups -OCH3 is 1. The molecule has 18 heavy (non-hydrogen) atoms. The molecule has 2 unspecified atom stereocenters. The minimum atomic E-state index is -0.0570. The summed E-state index contributed by atoms with van der Waals surface area (Å²) in [6.07, 6.45) is 10.5. The molecule has 0 saturated heterocycles. The van der Waals surface area contributed by atoms with E-state index in [1.54, 1.807) is 7.11 Å². The standard InChI is InChI=1S/C14H25N3O/c1-3-17-10-12(9-16-17)13(15)14(18-2)11-7-5-4-6-8-11/h9-11,13-14H,3-8,15H2,1-2H3. The first-order valence-corrected chi connectivity index (χ1v) is 7.07. The van der Waals surface area contributed by atoms with Gasteiger partial charge in [0.2, 0.25) is 0 Å². The van der Waals surface area contributed by atoms with Crippen molar-refractivity contribution in [2.24, 2.45) is 11.7 Å². The molecule has 0 aromatic carbocycles. The molecule has 2 N–H and O–H groups in total. The van der Waals surface area contributed by atoms with Gasteiger partial charge in [0, 0.05) is 25.4 Å². The van der Waals surface area contributed by atoms with Crippen molar-refractivity contribution >= 4 is 0 Å². The summed E-state index contributed by atoms with van der Waals surface area (Å²) in [5, 5.41) is 4.30. The topological polar surface area (TPSA) is 53.1 Å². The van der Waals surface area contributed by atoms with E-state index in [2.05, 4.69) is 12.0 Å². The number of nitrogens with zero attached hydrogens (tertiary/aromatic N) is 2. The summed E-state index contributed by atoms with van der Waals surface area (Å²) in [4.78, 5) is 0. The first-order chi connectivity index (χ1) is 8.76. The van der Waals surface area contributed by atoms with Crippen LogP contribution in [0.1, 0.15) is 50.6 Å². The van der Waals surface area contributed by atoms with Crippen LogP contribution >= 0.6 is 0 Å². The number of rotatable bonds is 5. The van der Waals surface area contributed by atoms with Crippen LogP contribution in [0.5, 0.6) is 0 Å². The van der Waals surface area contributed by atoms with Crippen molar-refractivity contribution in [3.8, 4) is 0 Å². The highest BCUT2D eigenvalue weighted by Gasteiger charge is 2.30. The van der Waals surface area contributed by atoms with Crippen molar-refractivity contribution in [1.29, 1.82) is 0 Å². The zero-order valence-corrected chi connectivity index (χ0v) is 11.5. The Morgan fingerprint density at radius 3 is 2.72 bits per heavy atom. The second kappa shape index (κ2) is 6.34. The molecule has 102 valence electrons. The quantitative estimate of drug-likeness (QED) is 0.874. The molecule has 0 amide bonds. The van der Waals surface area contributed by atoms with Crippen LogP contribution in [0.3, 0.4) is 0 Å². The van der Waals surface area contributed by atoms with Crippen molar-refractivity contribution < 1.29 is 4.74 Å². The third kappa shape index (κ3) is 2.93. The Morgan fingerprint density at radius 1 is 1.44 bits per heavy atom. The van der Waals surface area contributed by atoms with Crippen LogP contribution in [-0.4, -0.2) is 23.0 Å². The SMILES string of the molecule is CCn1cc(C(N)C(OC)C2CCCCC2)cn1. The van der Waals surface area contributed by atoms with Crippen LogP contribution in [0.2, 0.25) is 0 Å². The molecular weight excluding hydrogens is 226 g/mol. The van der Waals surface area contributed by atoms with E-state index in [0.29, 0.717) is 5.92 Å². The molecular formula is C14H25N3O. The highest BCUT2D eigenvalue weighted by Crippen LogP contribution is 2.32. The molecule has 1 aliphatic carbocycles. The van der Waals surface area contributed by atoms with E-state index in [9.17, 15) is 0 Å². The first-order valence-electron chi connectivity index (χ1n) is 7.07. The van der Waals surface area contributed by atoms with Crippen molar-refractivity contribution in [3.05, 3.63) is 18.0 Å². The number of hydrogen-bond donors (Lipinski definition) is 1. The maximum Gasteiger partial charge on any atom is 0.0793 e. The minimum absolute atomic E-state index is 0.0570. The fourth-order valence-electron chi connectivity index (χ4n) is 3.01. The molecule has 2 atom stereocenters. The fraction of sp³-hybridized carbons (Fsp3) is 0.786. The molecule has 2 rings (SSSR count). The second-order valence-corrected chi connectivity index (χ2v) is 5.25. The molecule has 1 heterocycles. The maximum absolute atomic E-state index is 6.37. The third-order valence-electron chi connectivity index (χ3n) is 4.10. The summed E-state index contributed by atoms with van der Waals surface area (Å²) in [5.41, 5.74) is 7.46. The summed E-state index contributed by atoms with van der Waals surface area (Å²) in [5.74, 6) is 0.601. The van der Waals surface area contributed by atoms with Gasteiger partial charge in [-0.1, -0.05) is 19.3 Å². The molecule has 1 aromatic heterocycles. The summed E-state index contributed by atoms with van der Waals surface area (Å²) in [6, 6.07) is -0.0570. The van der Waals surface area contributed by atoms with Crippen molar-refractivity contribution in [1.82, 2.24) is 9.78 Å². The number of aryl methyl sites for hydroxylation is 1. The van der Waals surface area contributed by atoms with Crippen LogP contribution in [0.25, 0.3) is 0 Å². The average molecular weight is 251 g/mol. The lowest BCUT2D eigenvalue weighted by atomic mass is 9.81. The van der Waals surface area contributed by atoms with Crippen molar-refractivity contribution in [2.45, 2.75) is 57.7 Å². The van der Waals surface area contributed by atoms with Gasteiger partial charge in [0.05, 0.1) is 18.3 Å². The summed E-state index contributed by atoms with van der Waals surface area (Å²) >= 11 is 0. The largest absolute Gasteiger partial charge is 0.379 e. The molecule has 0 aliphatic heterocycles. The van der Waals surface area contributed by atoms with Crippen LogP contribution in [0.15, 0.2) is 12.4 Å². The van der Waals surface area contributed by atoms with E-state index in [-0.39, 0.29) is 12.1 Å². The normalized spacial score (nSPS) is 20.8. The lowest BCUT2D eigenvalue weighted by molar-refractivity contribution is 0.0172. The van der Waals surface area contributed by atoms with E-state index in [1.165, 1.54) is 32.1 Å². The third-order valence-corrected chi connectivity index (χ3v) is 4.10. The highest BCUT2D eigenvalue weighted by atomic mass is 16.5. The number of nitrogens with two attached hydrogens (primary N) is 1.